The van der Waals surface area contributed by atoms with Gasteiger partial charge in [0.15, 0.2) is 0 Å². The van der Waals surface area contributed by atoms with E-state index in [0.29, 0.717) is 11.5 Å². The predicted molar refractivity (Wildman–Crippen MR) is 139 cm³/mol. The van der Waals surface area contributed by atoms with Gasteiger partial charge in [-0.25, -0.2) is 21.5 Å². The Balaban J connectivity index is 1.84. The van der Waals surface area contributed by atoms with Crippen LogP contribution < -0.4 is 9.47 Å². The van der Waals surface area contributed by atoms with Gasteiger partial charge in [-0.15, -0.1) is 0 Å². The highest BCUT2D eigenvalue weighted by Gasteiger charge is 2.28. The van der Waals surface area contributed by atoms with Crippen molar-refractivity contribution in [2.24, 2.45) is 0 Å². The molecule has 0 aliphatic heterocycles. The van der Waals surface area contributed by atoms with E-state index in [2.05, 4.69) is 0 Å². The third-order valence-electron chi connectivity index (χ3n) is 6.03. The molecule has 0 heterocycles. The Kier molecular flexibility index (Phi) is 9.09. The zero-order valence-electron chi connectivity index (χ0n) is 21.2. The standard InChI is InChI=1S/C27H31F2N3O4S/c1-19(25-15-22(28)9-14-26(25)29)18-37(33,34)31(2)27(30)32(16-20-5-10-23(35-3)11-6-20)17-21-7-12-24(36-4)13-8-21/h5-15,19,30H,16-18H2,1-4H3/t19-/m1/s1. The average Bonchev–Trinajstić information content (AvgIpc) is 2.89. The molecule has 1 N–H and O–H groups in total. The molecule has 198 valence electrons. The van der Waals surface area contributed by atoms with Crippen LogP contribution >= 0.6 is 0 Å². The number of ether oxygens (including phenoxy) is 2. The SMILES string of the molecule is COc1ccc(CN(Cc2ccc(OC)cc2)C(=N)N(C)S(=O)(=O)C[C@@H](C)c2cc(F)ccc2F)cc1. The lowest BCUT2D eigenvalue weighted by molar-refractivity contribution is 0.365. The van der Waals surface area contributed by atoms with Crippen LogP contribution in [0.3, 0.4) is 0 Å². The summed E-state index contributed by atoms with van der Waals surface area (Å²) in [6.45, 7) is 2.02. The Morgan fingerprint density at radius 3 is 1.84 bits per heavy atom. The molecule has 0 aromatic heterocycles. The third-order valence-corrected chi connectivity index (χ3v) is 7.96. The monoisotopic (exact) mass is 531 g/mol. The topological polar surface area (TPSA) is 82.9 Å². The molecule has 0 aliphatic rings. The molecule has 0 fully saturated rings. The molecule has 0 spiro atoms. The lowest BCUT2D eigenvalue weighted by Crippen LogP contribution is -2.45. The number of rotatable bonds is 10. The molecule has 0 unspecified atom stereocenters. The van der Waals surface area contributed by atoms with Gasteiger partial charge in [0, 0.05) is 20.1 Å². The largest absolute Gasteiger partial charge is 0.497 e. The van der Waals surface area contributed by atoms with Crippen molar-refractivity contribution in [3.05, 3.63) is 95.1 Å². The molecule has 0 aliphatic carbocycles. The van der Waals surface area contributed by atoms with Crippen LogP contribution in [0.25, 0.3) is 0 Å². The van der Waals surface area contributed by atoms with Gasteiger partial charge in [-0.1, -0.05) is 31.2 Å². The number of hydrogen-bond acceptors (Lipinski definition) is 5. The summed E-state index contributed by atoms with van der Waals surface area (Å²) in [6, 6.07) is 17.5. The van der Waals surface area contributed by atoms with Gasteiger partial charge in [0.1, 0.15) is 23.1 Å². The summed E-state index contributed by atoms with van der Waals surface area (Å²) in [5, 5.41) is 8.78. The normalized spacial score (nSPS) is 12.1. The van der Waals surface area contributed by atoms with E-state index in [9.17, 15) is 17.2 Å². The van der Waals surface area contributed by atoms with Crippen molar-refractivity contribution in [3.63, 3.8) is 0 Å². The maximum absolute atomic E-state index is 14.2. The van der Waals surface area contributed by atoms with Crippen LogP contribution in [0, 0.1) is 17.0 Å². The Labute approximate surface area is 216 Å². The smallest absolute Gasteiger partial charge is 0.237 e. The van der Waals surface area contributed by atoms with E-state index in [1.807, 2.05) is 24.3 Å². The van der Waals surface area contributed by atoms with E-state index >= 15 is 0 Å². The van der Waals surface area contributed by atoms with Crippen molar-refractivity contribution in [2.45, 2.75) is 25.9 Å². The number of halogens is 2. The second kappa shape index (κ2) is 12.1. The first-order chi connectivity index (χ1) is 17.5. The number of hydrogen-bond donors (Lipinski definition) is 1. The number of sulfonamides is 1. The van der Waals surface area contributed by atoms with Gasteiger partial charge in [0.05, 0.1) is 20.0 Å². The fraction of sp³-hybridized carbons (Fsp3) is 0.296. The summed E-state index contributed by atoms with van der Waals surface area (Å²) >= 11 is 0. The van der Waals surface area contributed by atoms with Crippen LogP contribution in [0.4, 0.5) is 8.78 Å². The summed E-state index contributed by atoms with van der Waals surface area (Å²) in [4.78, 5) is 1.62. The summed E-state index contributed by atoms with van der Waals surface area (Å²) in [5.74, 6) is -1.54. The molecule has 0 saturated carbocycles. The molecule has 0 saturated heterocycles. The van der Waals surface area contributed by atoms with Crippen molar-refractivity contribution < 1.29 is 26.7 Å². The summed E-state index contributed by atoms with van der Waals surface area (Å²) in [7, 11) is 0.377. The Bertz CT molecular complexity index is 1270. The van der Waals surface area contributed by atoms with Crippen molar-refractivity contribution in [3.8, 4) is 11.5 Å². The maximum Gasteiger partial charge on any atom is 0.237 e. The number of nitrogens with one attached hydrogen (secondary N) is 1. The van der Waals surface area contributed by atoms with E-state index in [0.717, 1.165) is 33.6 Å². The van der Waals surface area contributed by atoms with Gasteiger partial charge in [0.2, 0.25) is 16.0 Å². The molecule has 7 nitrogen and oxygen atoms in total. The molecule has 3 aromatic rings. The lowest BCUT2D eigenvalue weighted by atomic mass is 10.0. The maximum atomic E-state index is 14.2. The molecule has 3 aromatic carbocycles. The van der Waals surface area contributed by atoms with Crippen LogP contribution in [0.2, 0.25) is 0 Å². The summed E-state index contributed by atoms with van der Waals surface area (Å²) < 4.78 is 65.7. The quantitative estimate of drug-likeness (QED) is 0.295. The van der Waals surface area contributed by atoms with E-state index in [1.165, 1.54) is 14.0 Å². The van der Waals surface area contributed by atoms with Crippen LogP contribution in [0.15, 0.2) is 66.7 Å². The van der Waals surface area contributed by atoms with Crippen molar-refractivity contribution in [2.75, 3.05) is 27.0 Å². The highest BCUT2D eigenvalue weighted by molar-refractivity contribution is 7.89. The van der Waals surface area contributed by atoms with Gasteiger partial charge in [0.25, 0.3) is 0 Å². The zero-order chi connectivity index (χ0) is 27.2. The number of guanidine groups is 1. The van der Waals surface area contributed by atoms with Crippen molar-refractivity contribution in [1.82, 2.24) is 9.21 Å². The van der Waals surface area contributed by atoms with Crippen LogP contribution in [0.1, 0.15) is 29.5 Å². The minimum absolute atomic E-state index is 0.0307. The molecule has 37 heavy (non-hydrogen) atoms. The fourth-order valence-corrected chi connectivity index (χ4v) is 5.26. The molecule has 3 rings (SSSR count). The Hall–Kier alpha value is -3.66. The fourth-order valence-electron chi connectivity index (χ4n) is 3.85. The zero-order valence-corrected chi connectivity index (χ0v) is 22.1. The number of benzene rings is 3. The summed E-state index contributed by atoms with van der Waals surface area (Å²) in [5.41, 5.74) is 1.66. The van der Waals surface area contributed by atoms with E-state index < -0.39 is 33.3 Å². The minimum atomic E-state index is -4.05. The first-order valence-corrected chi connectivity index (χ1v) is 13.2. The van der Waals surface area contributed by atoms with Crippen LogP contribution in [-0.2, 0) is 23.1 Å². The van der Waals surface area contributed by atoms with Crippen molar-refractivity contribution in [1.29, 1.82) is 5.41 Å². The molecule has 0 amide bonds. The lowest BCUT2D eigenvalue weighted by Gasteiger charge is -2.31. The van der Waals surface area contributed by atoms with Crippen molar-refractivity contribution >= 4 is 16.0 Å². The second-order valence-corrected chi connectivity index (χ2v) is 10.7. The summed E-state index contributed by atoms with van der Waals surface area (Å²) in [6.07, 6.45) is 0. The van der Waals surface area contributed by atoms with E-state index in [1.54, 1.807) is 43.4 Å². The highest BCUT2D eigenvalue weighted by atomic mass is 32.2. The second-order valence-electron chi connectivity index (χ2n) is 8.69. The first-order valence-electron chi connectivity index (χ1n) is 11.5. The Morgan fingerprint density at radius 1 is 0.892 bits per heavy atom. The molecule has 0 radical (unpaired) electrons. The van der Waals surface area contributed by atoms with E-state index in [4.69, 9.17) is 14.9 Å². The van der Waals surface area contributed by atoms with Crippen LogP contribution in [0.5, 0.6) is 11.5 Å². The number of methoxy groups -OCH3 is 2. The molecule has 10 heteroatoms. The minimum Gasteiger partial charge on any atom is -0.497 e. The number of nitrogens with zero attached hydrogens (tertiary/aromatic N) is 2. The Morgan fingerprint density at radius 2 is 1.38 bits per heavy atom. The van der Waals surface area contributed by atoms with Gasteiger partial charge in [-0.05, 0) is 65.1 Å². The third kappa shape index (κ3) is 7.19. The molecule has 1 atom stereocenters. The molecular formula is C27H31F2N3O4S. The first kappa shape index (κ1) is 27.9. The van der Waals surface area contributed by atoms with Crippen LogP contribution in [-0.4, -0.2) is 50.6 Å². The van der Waals surface area contributed by atoms with Gasteiger partial charge >= 0.3 is 0 Å². The van der Waals surface area contributed by atoms with Gasteiger partial charge < -0.3 is 14.4 Å². The van der Waals surface area contributed by atoms with Gasteiger partial charge in [-0.3, -0.25) is 5.41 Å². The van der Waals surface area contributed by atoms with Gasteiger partial charge in [-0.2, -0.15) is 0 Å². The predicted octanol–water partition coefficient (Wildman–Crippen LogP) is 4.98. The van der Waals surface area contributed by atoms with E-state index in [-0.39, 0.29) is 24.6 Å². The highest BCUT2D eigenvalue weighted by Crippen LogP contribution is 2.24. The molecular weight excluding hydrogens is 500 g/mol. The molecule has 0 bridgehead atoms. The average molecular weight is 532 g/mol.